The van der Waals surface area contributed by atoms with Crippen LogP contribution < -0.4 is 4.90 Å². The van der Waals surface area contributed by atoms with Crippen LogP contribution in [0, 0.1) is 24.2 Å². The quantitative estimate of drug-likeness (QED) is 0.661. The minimum atomic E-state index is -0.0329. The molecule has 1 aromatic carbocycles. The fourth-order valence-corrected chi connectivity index (χ4v) is 6.51. The molecular formula is C27H36N2O2. The van der Waals surface area contributed by atoms with E-state index in [2.05, 4.69) is 73.9 Å². The second kappa shape index (κ2) is 7.81. The number of ether oxygens (including phenoxy) is 1. The number of carbonyl (C=O) groups is 1. The number of allylic oxidation sites excluding steroid dienone is 3. The summed E-state index contributed by atoms with van der Waals surface area (Å²) in [4.78, 5) is 17.9. The van der Waals surface area contributed by atoms with Crippen molar-refractivity contribution in [3.05, 3.63) is 53.1 Å². The smallest absolute Gasteiger partial charge is 0.311 e. The third-order valence-corrected chi connectivity index (χ3v) is 8.20. The molecule has 2 aliphatic heterocycles. The molecule has 2 saturated heterocycles. The number of nitrogens with zero attached hydrogens (tertiary/aromatic N) is 2. The van der Waals surface area contributed by atoms with Gasteiger partial charge in [0.05, 0.1) is 5.92 Å². The van der Waals surface area contributed by atoms with E-state index in [4.69, 9.17) is 4.74 Å². The molecule has 0 saturated carbocycles. The van der Waals surface area contributed by atoms with Gasteiger partial charge in [-0.05, 0) is 68.7 Å². The van der Waals surface area contributed by atoms with E-state index in [-0.39, 0.29) is 29.3 Å². The maximum Gasteiger partial charge on any atom is 0.311 e. The first-order valence-electron chi connectivity index (χ1n) is 12.0. The molecule has 4 nitrogen and oxygen atoms in total. The van der Waals surface area contributed by atoms with Gasteiger partial charge in [-0.3, -0.25) is 9.69 Å². The Morgan fingerprint density at radius 3 is 2.84 bits per heavy atom. The fourth-order valence-electron chi connectivity index (χ4n) is 6.51. The molecule has 5 rings (SSSR count). The van der Waals surface area contributed by atoms with Gasteiger partial charge in [0.15, 0.2) is 0 Å². The van der Waals surface area contributed by atoms with Gasteiger partial charge in [-0.2, -0.15) is 0 Å². The molecule has 4 heteroatoms. The molecule has 0 amide bonds. The van der Waals surface area contributed by atoms with Gasteiger partial charge in [0.1, 0.15) is 6.10 Å². The van der Waals surface area contributed by atoms with Crippen LogP contribution in [-0.2, 0) is 9.53 Å². The summed E-state index contributed by atoms with van der Waals surface area (Å²) in [6, 6.07) is 9.21. The van der Waals surface area contributed by atoms with Gasteiger partial charge in [-0.1, -0.05) is 36.8 Å². The molecule has 2 fully saturated rings. The zero-order valence-electron chi connectivity index (χ0n) is 19.4. The van der Waals surface area contributed by atoms with E-state index in [1.54, 1.807) is 0 Å². The van der Waals surface area contributed by atoms with E-state index < -0.39 is 0 Å². The van der Waals surface area contributed by atoms with Crippen LogP contribution in [0.2, 0.25) is 0 Å². The van der Waals surface area contributed by atoms with Crippen molar-refractivity contribution in [1.29, 1.82) is 0 Å². The average molecular weight is 421 g/mol. The van der Waals surface area contributed by atoms with Crippen LogP contribution in [0.15, 0.2) is 47.6 Å². The standard InChI is InChI=1S/C27H36N2O2/c1-18-7-5-9-21(13-18)29-12-11-28(16-20(29)3)17-23-22-14-24-19(2)8-6-10-27(24,4)15-25(22)31-26(23)30/h5,7-9,13-14,20,22-23,25H,6,10-12,15-17H2,1-4H3/t20-,22-,23+,25-,27-/m1/s1. The minimum Gasteiger partial charge on any atom is -0.461 e. The average Bonchev–Trinajstić information content (AvgIpc) is 3.00. The van der Waals surface area contributed by atoms with Crippen molar-refractivity contribution < 1.29 is 9.53 Å². The highest BCUT2D eigenvalue weighted by Crippen LogP contribution is 2.52. The lowest BCUT2D eigenvalue weighted by molar-refractivity contribution is -0.145. The van der Waals surface area contributed by atoms with Gasteiger partial charge in [0.25, 0.3) is 0 Å². The Kier molecular flexibility index (Phi) is 5.24. The predicted octanol–water partition coefficient (Wildman–Crippen LogP) is 4.74. The second-order valence-electron chi connectivity index (χ2n) is 10.6. The van der Waals surface area contributed by atoms with Gasteiger partial charge >= 0.3 is 5.97 Å². The van der Waals surface area contributed by atoms with Crippen molar-refractivity contribution in [2.45, 2.75) is 59.1 Å². The Bertz CT molecular complexity index is 935. The Balaban J connectivity index is 1.30. The highest BCUT2D eigenvalue weighted by molar-refractivity contribution is 5.76. The number of benzene rings is 1. The summed E-state index contributed by atoms with van der Waals surface area (Å²) in [5.74, 6) is 0.209. The monoisotopic (exact) mass is 420 g/mol. The number of anilines is 1. The highest BCUT2D eigenvalue weighted by atomic mass is 16.6. The molecule has 0 radical (unpaired) electrons. The first kappa shape index (κ1) is 20.8. The maximum atomic E-state index is 12.9. The van der Waals surface area contributed by atoms with Gasteiger partial charge in [-0.25, -0.2) is 0 Å². The predicted molar refractivity (Wildman–Crippen MR) is 125 cm³/mol. The van der Waals surface area contributed by atoms with Crippen molar-refractivity contribution in [2.75, 3.05) is 31.1 Å². The van der Waals surface area contributed by atoms with Crippen LogP contribution in [0.25, 0.3) is 0 Å². The van der Waals surface area contributed by atoms with E-state index in [1.807, 2.05) is 0 Å². The second-order valence-corrected chi connectivity index (χ2v) is 10.6. The summed E-state index contributed by atoms with van der Waals surface area (Å²) in [5, 5.41) is 0. The summed E-state index contributed by atoms with van der Waals surface area (Å²) >= 11 is 0. The van der Waals surface area contributed by atoms with Crippen LogP contribution in [0.5, 0.6) is 0 Å². The molecule has 0 bridgehead atoms. The molecular weight excluding hydrogens is 384 g/mol. The molecule has 0 aromatic heterocycles. The van der Waals surface area contributed by atoms with Crippen LogP contribution in [0.4, 0.5) is 5.69 Å². The molecule has 2 aliphatic carbocycles. The first-order chi connectivity index (χ1) is 14.8. The van der Waals surface area contributed by atoms with Gasteiger partial charge < -0.3 is 9.64 Å². The number of hydrogen-bond donors (Lipinski definition) is 0. The Hall–Kier alpha value is -2.07. The van der Waals surface area contributed by atoms with Crippen LogP contribution in [-0.4, -0.2) is 49.2 Å². The van der Waals surface area contributed by atoms with Gasteiger partial charge in [-0.15, -0.1) is 0 Å². The number of rotatable bonds is 3. The Morgan fingerprint density at radius 1 is 1.23 bits per heavy atom. The van der Waals surface area contributed by atoms with E-state index in [0.717, 1.165) is 39.0 Å². The summed E-state index contributed by atoms with van der Waals surface area (Å²) < 4.78 is 5.96. The highest BCUT2D eigenvalue weighted by Gasteiger charge is 2.51. The number of aryl methyl sites for hydroxylation is 1. The molecule has 2 heterocycles. The zero-order valence-corrected chi connectivity index (χ0v) is 19.4. The molecule has 5 atom stereocenters. The molecule has 0 N–H and O–H groups in total. The van der Waals surface area contributed by atoms with Crippen molar-refractivity contribution >= 4 is 11.7 Å². The maximum absolute atomic E-state index is 12.9. The summed E-state index contributed by atoms with van der Waals surface area (Å²) in [7, 11) is 0. The molecule has 166 valence electrons. The lowest BCUT2D eigenvalue weighted by atomic mass is 9.62. The topological polar surface area (TPSA) is 32.8 Å². The minimum absolute atomic E-state index is 0.0181. The third kappa shape index (κ3) is 3.73. The summed E-state index contributed by atoms with van der Waals surface area (Å²) in [6.07, 6.45) is 8.13. The SMILES string of the molecule is CC1=CCC[C@]2(C)C[C@H]3OC(=O)[C@@H](CN4CCN(c5cccc(C)c5)[C@H](C)C4)[C@H]3C=C12. The Morgan fingerprint density at radius 2 is 2.06 bits per heavy atom. The van der Waals surface area contributed by atoms with Crippen molar-refractivity contribution in [3.8, 4) is 0 Å². The molecule has 1 aromatic rings. The van der Waals surface area contributed by atoms with Gasteiger partial charge in [0.2, 0.25) is 0 Å². The number of fused-ring (bicyclic) bond motifs is 2. The molecule has 0 unspecified atom stereocenters. The van der Waals surface area contributed by atoms with Crippen LogP contribution >= 0.6 is 0 Å². The number of piperazine rings is 1. The number of hydrogen-bond acceptors (Lipinski definition) is 4. The van der Waals surface area contributed by atoms with Gasteiger partial charge in [0, 0.05) is 43.8 Å². The summed E-state index contributed by atoms with van der Waals surface area (Å²) in [6.45, 7) is 12.8. The third-order valence-electron chi connectivity index (χ3n) is 8.20. The Labute approximate surface area is 186 Å². The lowest BCUT2D eigenvalue weighted by Gasteiger charge is -2.44. The lowest BCUT2D eigenvalue weighted by Crippen LogP contribution is -2.53. The molecule has 0 spiro atoms. The van der Waals surface area contributed by atoms with Crippen LogP contribution in [0.3, 0.4) is 0 Å². The molecule has 31 heavy (non-hydrogen) atoms. The van der Waals surface area contributed by atoms with Crippen molar-refractivity contribution in [2.24, 2.45) is 17.3 Å². The van der Waals surface area contributed by atoms with Crippen molar-refractivity contribution in [3.63, 3.8) is 0 Å². The van der Waals surface area contributed by atoms with E-state index in [9.17, 15) is 4.79 Å². The van der Waals surface area contributed by atoms with E-state index in [0.29, 0.717) is 6.04 Å². The fraction of sp³-hybridized carbons (Fsp3) is 0.593. The zero-order chi connectivity index (χ0) is 21.8. The normalized spacial score (nSPS) is 35.7. The first-order valence-corrected chi connectivity index (χ1v) is 12.0. The van der Waals surface area contributed by atoms with Crippen molar-refractivity contribution in [1.82, 2.24) is 4.90 Å². The number of esters is 1. The number of carbonyl (C=O) groups excluding carboxylic acids is 1. The van der Waals surface area contributed by atoms with E-state index >= 15 is 0 Å². The largest absolute Gasteiger partial charge is 0.461 e. The van der Waals surface area contributed by atoms with E-state index in [1.165, 1.54) is 28.8 Å². The molecule has 4 aliphatic rings. The van der Waals surface area contributed by atoms with Crippen LogP contribution in [0.1, 0.15) is 45.6 Å². The summed E-state index contributed by atoms with van der Waals surface area (Å²) in [5.41, 5.74) is 5.66.